The number of hydrogen-bond donors (Lipinski definition) is 0. The van der Waals surface area contributed by atoms with Gasteiger partial charge in [-0.05, 0) is 0 Å². The quantitative estimate of drug-likeness (QED) is 0.469. The Morgan fingerprint density at radius 1 is 1.33 bits per heavy atom. The van der Waals surface area contributed by atoms with Crippen LogP contribution in [0.15, 0.2) is 0 Å². The fourth-order valence-electron chi connectivity index (χ4n) is 0. The molecule has 0 atom stereocenters. The fourth-order valence-corrected chi connectivity index (χ4v) is 0. The molecule has 0 aliphatic rings. The maximum absolute atomic E-state index is 2.32. The molecule has 0 unspecified atom stereocenters. The summed E-state index contributed by atoms with van der Waals surface area (Å²) < 4.78 is 0. The third kappa shape index (κ3) is 8.82. The average Bonchev–Trinajstić information content (AvgIpc) is 1.38. The molecule has 0 bridgehead atoms. The van der Waals surface area contributed by atoms with E-state index in [1.54, 1.807) is 0 Å². The van der Waals surface area contributed by atoms with Crippen molar-refractivity contribution in [2.75, 3.05) is 0 Å². The minimum absolute atomic E-state index is 0. The Labute approximate surface area is 48.0 Å². The monoisotopic (exact) mass is 123 g/mol. The van der Waals surface area contributed by atoms with Crippen LogP contribution in [0, 0.1) is 0 Å². The third-order valence-electron chi connectivity index (χ3n) is 0.707. The summed E-state index contributed by atoms with van der Waals surface area (Å²) in [4.78, 5) is 0. The smallest absolute Gasteiger partial charge is 0.0410 e. The summed E-state index contributed by atoms with van der Waals surface area (Å²) in [5.41, 5.74) is 0. The normalized spacial score (nSPS) is 8.00. The Morgan fingerprint density at radius 3 is 1.50 bits per heavy atom. The topological polar surface area (TPSA) is 0 Å². The second-order valence-electron chi connectivity index (χ2n) is 1.56. The Balaban J connectivity index is 0. The van der Waals surface area contributed by atoms with Crippen LogP contribution < -0.4 is 0 Å². The summed E-state index contributed by atoms with van der Waals surface area (Å²) in [5, 5.41) is 0. The van der Waals surface area contributed by atoms with Crippen LogP contribution in [0.3, 0.4) is 0 Å². The molecule has 0 aromatic heterocycles. The van der Waals surface area contributed by atoms with Gasteiger partial charge in [-0.15, -0.1) is 12.4 Å². The van der Waals surface area contributed by atoms with Gasteiger partial charge in [0.15, 0.2) is 0 Å². The lowest BCUT2D eigenvalue weighted by Gasteiger charge is -1.87. The lowest BCUT2D eigenvalue weighted by Crippen LogP contribution is -1.92. The van der Waals surface area contributed by atoms with Crippen LogP contribution in [-0.2, 0) is 0 Å². The Hall–Kier alpha value is 0.507. The van der Waals surface area contributed by atoms with Crippen molar-refractivity contribution >= 4 is 21.2 Å². The second kappa shape index (κ2) is 5.51. The third-order valence-corrected chi connectivity index (χ3v) is 2.12. The van der Waals surface area contributed by atoms with Gasteiger partial charge >= 0.3 is 0 Å². The molecule has 0 saturated heterocycles. The molecule has 0 aromatic rings. The van der Waals surface area contributed by atoms with Gasteiger partial charge in [0.2, 0.25) is 0 Å². The predicted molar refractivity (Wildman–Crippen MR) is 35.2 cm³/mol. The summed E-state index contributed by atoms with van der Waals surface area (Å²) in [5.74, 6) is 0. The van der Waals surface area contributed by atoms with Crippen molar-refractivity contribution in [1.82, 2.24) is 0 Å². The van der Waals surface area contributed by atoms with Crippen molar-refractivity contribution in [3.8, 4) is 0 Å². The molecule has 1 radical (unpaired) electrons. The van der Waals surface area contributed by atoms with Crippen LogP contribution in [-0.4, -0.2) is 8.80 Å². The van der Waals surface area contributed by atoms with Gasteiger partial charge in [0.1, 0.15) is 0 Å². The van der Waals surface area contributed by atoms with Crippen molar-refractivity contribution in [3.63, 3.8) is 0 Å². The van der Waals surface area contributed by atoms with E-state index >= 15 is 0 Å². The Morgan fingerprint density at radius 2 is 1.50 bits per heavy atom. The largest absolute Gasteiger partial charge is 0.147 e. The van der Waals surface area contributed by atoms with Crippen LogP contribution in [0.25, 0.3) is 0 Å². The van der Waals surface area contributed by atoms with Crippen molar-refractivity contribution in [2.45, 2.75) is 26.1 Å². The van der Waals surface area contributed by atoms with E-state index in [2.05, 4.69) is 20.0 Å². The summed E-state index contributed by atoms with van der Waals surface area (Å²) in [6.45, 7) is 6.89. The molecule has 0 N–H and O–H groups in total. The second-order valence-corrected chi connectivity index (χ2v) is 4.68. The highest BCUT2D eigenvalue weighted by molar-refractivity contribution is 6.55. The van der Waals surface area contributed by atoms with E-state index < -0.39 is 0 Å². The van der Waals surface area contributed by atoms with E-state index in [0.29, 0.717) is 0 Å². The highest BCUT2D eigenvalue weighted by Crippen LogP contribution is 1.83. The van der Waals surface area contributed by atoms with Gasteiger partial charge in [0.05, 0.1) is 0 Å². The molecule has 0 spiro atoms. The zero-order valence-electron chi connectivity index (χ0n) is 4.62. The summed E-state index contributed by atoms with van der Waals surface area (Å²) in [7, 11) is 0.126. The minimum atomic E-state index is 0. The summed E-state index contributed by atoms with van der Waals surface area (Å²) >= 11 is 0. The molecule has 0 fully saturated rings. The lowest BCUT2D eigenvalue weighted by atomic mass is 11.0. The molecule has 39 valence electrons. The van der Waals surface area contributed by atoms with E-state index in [1.807, 2.05) is 0 Å². The first-order valence-electron chi connectivity index (χ1n) is 2.06. The van der Waals surface area contributed by atoms with Gasteiger partial charge in [-0.25, -0.2) is 0 Å². The molecular weight excluding hydrogens is 112 g/mol. The highest BCUT2D eigenvalue weighted by atomic mass is 35.5. The molecule has 0 aliphatic heterocycles. The standard InChI is InChI=1S/C4H11Si.ClH/c1-4-5(2)3;/h4H2,1-3H3;1H. The van der Waals surface area contributed by atoms with E-state index in [4.69, 9.17) is 0 Å². The first-order chi connectivity index (χ1) is 2.27. The molecule has 0 nitrogen and oxygen atoms in total. The molecule has 6 heavy (non-hydrogen) atoms. The van der Waals surface area contributed by atoms with Crippen LogP contribution in [0.4, 0.5) is 0 Å². The van der Waals surface area contributed by atoms with Gasteiger partial charge < -0.3 is 0 Å². The van der Waals surface area contributed by atoms with Gasteiger partial charge in [-0.1, -0.05) is 26.1 Å². The first kappa shape index (κ1) is 9.71. The van der Waals surface area contributed by atoms with Crippen LogP contribution in [0.2, 0.25) is 19.1 Å². The molecule has 0 aromatic carbocycles. The molecule has 2 heteroatoms. The zero-order valence-corrected chi connectivity index (χ0v) is 6.43. The lowest BCUT2D eigenvalue weighted by molar-refractivity contribution is 1.41. The summed E-state index contributed by atoms with van der Waals surface area (Å²) in [6.07, 6.45) is 0. The molecule has 0 saturated carbocycles. The first-order valence-corrected chi connectivity index (χ1v) is 4.77. The van der Waals surface area contributed by atoms with Gasteiger partial charge in [0.25, 0.3) is 0 Å². The highest BCUT2D eigenvalue weighted by Gasteiger charge is 1.83. The number of rotatable bonds is 1. The van der Waals surface area contributed by atoms with Crippen molar-refractivity contribution in [2.24, 2.45) is 0 Å². The Bertz CT molecular complexity index is 21.5. The molecule has 0 amide bonds. The zero-order chi connectivity index (χ0) is 4.28. The van der Waals surface area contributed by atoms with E-state index in [-0.39, 0.29) is 21.2 Å². The van der Waals surface area contributed by atoms with Crippen LogP contribution >= 0.6 is 12.4 Å². The van der Waals surface area contributed by atoms with E-state index in [9.17, 15) is 0 Å². The Kier molecular flexibility index (Phi) is 8.92. The molecular formula is C4H12ClSi. The number of halogens is 1. The van der Waals surface area contributed by atoms with Crippen molar-refractivity contribution < 1.29 is 0 Å². The fraction of sp³-hybridized carbons (Fsp3) is 1.00. The predicted octanol–water partition coefficient (Wildman–Crippen LogP) is 2.18. The number of hydrogen-bond acceptors (Lipinski definition) is 0. The maximum atomic E-state index is 2.32. The van der Waals surface area contributed by atoms with E-state index in [1.165, 1.54) is 6.04 Å². The maximum Gasteiger partial charge on any atom is 0.0410 e. The SMILES string of the molecule is CC[Si](C)C.Cl. The summed E-state index contributed by atoms with van der Waals surface area (Å²) in [6, 6.07) is 1.41. The van der Waals surface area contributed by atoms with Crippen molar-refractivity contribution in [1.29, 1.82) is 0 Å². The molecule has 0 heterocycles. The molecule has 0 rings (SSSR count). The average molecular weight is 124 g/mol. The van der Waals surface area contributed by atoms with Gasteiger partial charge in [-0.3, -0.25) is 0 Å². The van der Waals surface area contributed by atoms with Gasteiger partial charge in [-0.2, -0.15) is 0 Å². The van der Waals surface area contributed by atoms with E-state index in [0.717, 1.165) is 0 Å². The molecule has 0 aliphatic carbocycles. The van der Waals surface area contributed by atoms with Crippen LogP contribution in [0.5, 0.6) is 0 Å². The van der Waals surface area contributed by atoms with Crippen LogP contribution in [0.1, 0.15) is 6.92 Å². The van der Waals surface area contributed by atoms with Gasteiger partial charge in [0, 0.05) is 8.80 Å². The van der Waals surface area contributed by atoms with Crippen molar-refractivity contribution in [3.05, 3.63) is 0 Å². The minimum Gasteiger partial charge on any atom is -0.147 e.